The van der Waals surface area contributed by atoms with Gasteiger partial charge >= 0.3 is 0 Å². The number of ether oxygens (including phenoxy) is 3. The maximum absolute atomic E-state index is 12.1. The molecule has 0 unspecified atom stereocenters. The van der Waals surface area contributed by atoms with E-state index in [9.17, 15) is 4.79 Å². The molecule has 0 bridgehead atoms. The van der Waals surface area contributed by atoms with E-state index in [1.54, 1.807) is 12.1 Å². The molecule has 3 aromatic carbocycles. The van der Waals surface area contributed by atoms with Crippen LogP contribution in [0, 0.1) is 13.8 Å². The van der Waals surface area contributed by atoms with E-state index in [1.165, 1.54) is 0 Å². The highest BCUT2D eigenvalue weighted by Crippen LogP contribution is 2.18. The van der Waals surface area contributed by atoms with Gasteiger partial charge in [-0.3, -0.25) is 4.79 Å². The van der Waals surface area contributed by atoms with Crippen LogP contribution in [0.25, 0.3) is 0 Å². The van der Waals surface area contributed by atoms with E-state index in [4.69, 9.17) is 14.2 Å². The fourth-order valence-electron chi connectivity index (χ4n) is 2.83. The molecule has 0 radical (unpaired) electrons. The Kier molecular flexibility index (Phi) is 7.11. The Hall–Kier alpha value is -3.47. The zero-order chi connectivity index (χ0) is 20.5. The van der Waals surface area contributed by atoms with Crippen molar-refractivity contribution < 1.29 is 19.0 Å². The molecule has 0 aliphatic carbocycles. The monoisotopic (exact) mass is 391 g/mol. The zero-order valence-electron chi connectivity index (χ0n) is 16.7. The summed E-state index contributed by atoms with van der Waals surface area (Å²) in [4.78, 5) is 12.1. The van der Waals surface area contributed by atoms with Gasteiger partial charge in [0.05, 0.1) is 0 Å². The first kappa shape index (κ1) is 20.3. The van der Waals surface area contributed by atoms with Crippen LogP contribution >= 0.6 is 0 Å². The van der Waals surface area contributed by atoms with Crippen LogP contribution in [0.5, 0.6) is 17.2 Å². The second kappa shape index (κ2) is 10.2. The third-order valence-corrected chi connectivity index (χ3v) is 4.07. The maximum Gasteiger partial charge on any atom is 0.262 e. The smallest absolute Gasteiger partial charge is 0.262 e. The molecule has 0 heterocycles. The normalized spacial score (nSPS) is 10.3. The summed E-state index contributed by atoms with van der Waals surface area (Å²) < 4.78 is 16.8. The molecule has 150 valence electrons. The number of aryl methyl sites for hydroxylation is 2. The van der Waals surface area contributed by atoms with Crippen LogP contribution in [0.4, 0.5) is 5.69 Å². The van der Waals surface area contributed by atoms with Crippen molar-refractivity contribution in [2.24, 2.45) is 0 Å². The van der Waals surface area contributed by atoms with Crippen LogP contribution < -0.4 is 19.5 Å². The van der Waals surface area contributed by atoms with E-state index in [-0.39, 0.29) is 12.5 Å². The summed E-state index contributed by atoms with van der Waals surface area (Å²) in [7, 11) is 0. The van der Waals surface area contributed by atoms with E-state index in [1.807, 2.05) is 68.4 Å². The number of carbonyl (C=O) groups is 1. The molecule has 3 aromatic rings. The average molecular weight is 391 g/mol. The van der Waals surface area contributed by atoms with Crippen LogP contribution in [0.2, 0.25) is 0 Å². The Labute approximate surface area is 171 Å². The number of amides is 1. The van der Waals surface area contributed by atoms with Gasteiger partial charge in [-0.25, -0.2) is 0 Å². The first-order valence-corrected chi connectivity index (χ1v) is 9.50. The molecule has 1 amide bonds. The summed E-state index contributed by atoms with van der Waals surface area (Å²) in [5.74, 6) is 2.01. The molecule has 0 saturated heterocycles. The molecule has 3 rings (SSSR count). The third-order valence-electron chi connectivity index (χ3n) is 4.07. The summed E-state index contributed by atoms with van der Waals surface area (Å²) in [6.07, 6.45) is 0. The average Bonchev–Trinajstić information content (AvgIpc) is 2.71. The molecule has 5 nitrogen and oxygen atoms in total. The SMILES string of the molecule is Cc1cc(C)cc(OCC(=O)Nc2ccc(OCCOc3ccccc3)cc2)c1. The molecule has 0 aromatic heterocycles. The van der Waals surface area contributed by atoms with E-state index in [0.29, 0.717) is 30.4 Å². The van der Waals surface area contributed by atoms with Crippen LogP contribution in [0.3, 0.4) is 0 Å². The molecule has 1 N–H and O–H groups in total. The molecule has 29 heavy (non-hydrogen) atoms. The predicted octanol–water partition coefficient (Wildman–Crippen LogP) is 4.78. The Morgan fingerprint density at radius 2 is 1.31 bits per heavy atom. The number of nitrogens with one attached hydrogen (secondary N) is 1. The molecule has 0 saturated carbocycles. The summed E-state index contributed by atoms with van der Waals surface area (Å²) in [5.41, 5.74) is 2.89. The fraction of sp³-hybridized carbons (Fsp3) is 0.208. The van der Waals surface area contributed by atoms with Crippen LogP contribution in [-0.2, 0) is 4.79 Å². The number of carbonyl (C=O) groups excluding carboxylic acids is 1. The topological polar surface area (TPSA) is 56.8 Å². The van der Waals surface area contributed by atoms with E-state index >= 15 is 0 Å². The minimum atomic E-state index is -0.214. The van der Waals surface area contributed by atoms with Gasteiger partial charge in [-0.05, 0) is 73.5 Å². The van der Waals surface area contributed by atoms with Gasteiger partial charge in [-0.15, -0.1) is 0 Å². The Balaban J connectivity index is 1.39. The Bertz CT molecular complexity index is 903. The van der Waals surface area contributed by atoms with Gasteiger partial charge < -0.3 is 19.5 Å². The molecule has 0 atom stereocenters. The standard InChI is InChI=1S/C24H25NO4/c1-18-14-19(2)16-23(15-18)29-17-24(26)25-20-8-10-22(11-9-20)28-13-12-27-21-6-4-3-5-7-21/h3-11,14-16H,12-13,17H2,1-2H3,(H,25,26). The van der Waals surface area contributed by atoms with Gasteiger partial charge in [0.1, 0.15) is 30.5 Å². The summed E-state index contributed by atoms with van der Waals surface area (Å²) >= 11 is 0. The highest BCUT2D eigenvalue weighted by Gasteiger charge is 2.05. The number of para-hydroxylation sites is 1. The first-order chi connectivity index (χ1) is 14.1. The second-order valence-corrected chi connectivity index (χ2v) is 6.69. The lowest BCUT2D eigenvalue weighted by molar-refractivity contribution is -0.118. The number of hydrogen-bond acceptors (Lipinski definition) is 4. The Morgan fingerprint density at radius 3 is 1.93 bits per heavy atom. The fourth-order valence-corrected chi connectivity index (χ4v) is 2.83. The summed E-state index contributed by atoms with van der Waals surface area (Å²) in [5, 5.41) is 2.81. The van der Waals surface area contributed by atoms with Gasteiger partial charge in [0.25, 0.3) is 5.91 Å². The van der Waals surface area contributed by atoms with Gasteiger partial charge in [0.15, 0.2) is 6.61 Å². The zero-order valence-corrected chi connectivity index (χ0v) is 16.7. The summed E-state index contributed by atoms with van der Waals surface area (Å²) in [6, 6.07) is 22.7. The highest BCUT2D eigenvalue weighted by molar-refractivity contribution is 5.91. The molecule has 0 aliphatic rings. The van der Waals surface area contributed by atoms with E-state index < -0.39 is 0 Å². The second-order valence-electron chi connectivity index (χ2n) is 6.69. The van der Waals surface area contributed by atoms with Crippen LogP contribution in [0.15, 0.2) is 72.8 Å². The van der Waals surface area contributed by atoms with Crippen molar-refractivity contribution in [2.75, 3.05) is 25.1 Å². The highest BCUT2D eigenvalue weighted by atomic mass is 16.5. The molecular weight excluding hydrogens is 366 g/mol. The largest absolute Gasteiger partial charge is 0.490 e. The molecule has 0 fully saturated rings. The lowest BCUT2D eigenvalue weighted by Gasteiger charge is -2.10. The van der Waals surface area contributed by atoms with Crippen molar-refractivity contribution in [1.82, 2.24) is 0 Å². The lowest BCUT2D eigenvalue weighted by Crippen LogP contribution is -2.20. The van der Waals surface area contributed by atoms with Crippen LogP contribution in [0.1, 0.15) is 11.1 Å². The number of anilines is 1. The van der Waals surface area contributed by atoms with Gasteiger partial charge in [-0.2, -0.15) is 0 Å². The van der Waals surface area contributed by atoms with E-state index in [2.05, 4.69) is 11.4 Å². The van der Waals surface area contributed by atoms with Crippen LogP contribution in [-0.4, -0.2) is 25.7 Å². The van der Waals surface area contributed by atoms with Gasteiger partial charge in [0, 0.05) is 5.69 Å². The summed E-state index contributed by atoms with van der Waals surface area (Å²) in [6.45, 7) is 4.84. The lowest BCUT2D eigenvalue weighted by atomic mass is 10.1. The van der Waals surface area contributed by atoms with Crippen molar-refractivity contribution in [2.45, 2.75) is 13.8 Å². The third kappa shape index (κ3) is 6.88. The number of rotatable bonds is 9. The van der Waals surface area contributed by atoms with Crippen molar-refractivity contribution >= 4 is 11.6 Å². The molecular formula is C24H25NO4. The minimum absolute atomic E-state index is 0.0437. The van der Waals surface area contributed by atoms with Gasteiger partial charge in [0.2, 0.25) is 0 Å². The molecule has 5 heteroatoms. The molecule has 0 aliphatic heterocycles. The van der Waals surface area contributed by atoms with Crippen molar-refractivity contribution in [3.8, 4) is 17.2 Å². The number of hydrogen-bond donors (Lipinski definition) is 1. The van der Waals surface area contributed by atoms with Crippen molar-refractivity contribution in [1.29, 1.82) is 0 Å². The molecule has 0 spiro atoms. The Morgan fingerprint density at radius 1 is 0.724 bits per heavy atom. The quantitative estimate of drug-likeness (QED) is 0.534. The number of benzene rings is 3. The first-order valence-electron chi connectivity index (χ1n) is 9.50. The van der Waals surface area contributed by atoms with Crippen molar-refractivity contribution in [3.05, 3.63) is 83.9 Å². The van der Waals surface area contributed by atoms with Crippen molar-refractivity contribution in [3.63, 3.8) is 0 Å². The van der Waals surface area contributed by atoms with Gasteiger partial charge in [-0.1, -0.05) is 24.3 Å². The van der Waals surface area contributed by atoms with E-state index in [0.717, 1.165) is 16.9 Å². The maximum atomic E-state index is 12.1. The minimum Gasteiger partial charge on any atom is -0.490 e. The predicted molar refractivity (Wildman–Crippen MR) is 114 cm³/mol.